The average molecular weight is 155 g/mol. The Hall–Kier alpha value is -1.12. The quantitative estimate of drug-likeness (QED) is 0.468. The van der Waals surface area contributed by atoms with E-state index in [1.807, 2.05) is 6.92 Å². The largest absolute Gasteiger partial charge is 0.370 e. The van der Waals surface area contributed by atoms with Crippen molar-refractivity contribution in [1.82, 2.24) is 0 Å². The monoisotopic (exact) mass is 155 g/mol. The normalized spacial score (nSPS) is 13.2. The maximum atomic E-state index is 10.4. The second-order valence-electron chi connectivity index (χ2n) is 2.58. The topological polar surface area (TPSA) is 60.2 Å². The number of carbonyl (C=O) groups is 2. The minimum Gasteiger partial charge on any atom is -0.370 e. The lowest BCUT2D eigenvalue weighted by Gasteiger charge is -2.03. The van der Waals surface area contributed by atoms with Gasteiger partial charge in [0.2, 0.25) is 5.91 Å². The Morgan fingerprint density at radius 3 is 2.73 bits per heavy atom. The van der Waals surface area contributed by atoms with Crippen LogP contribution >= 0.6 is 0 Å². The van der Waals surface area contributed by atoms with Crippen molar-refractivity contribution in [2.75, 3.05) is 0 Å². The van der Waals surface area contributed by atoms with E-state index < -0.39 is 0 Å². The molecule has 0 radical (unpaired) electrons. The molecule has 0 aromatic heterocycles. The third-order valence-electron chi connectivity index (χ3n) is 1.30. The van der Waals surface area contributed by atoms with Gasteiger partial charge in [-0.25, -0.2) is 0 Å². The molecule has 0 unspecified atom stereocenters. The number of hydrogen-bond acceptors (Lipinski definition) is 2. The van der Waals surface area contributed by atoms with Gasteiger partial charge in [-0.1, -0.05) is 13.0 Å². The summed E-state index contributed by atoms with van der Waals surface area (Å²) in [5.41, 5.74) is 4.97. The first-order valence-electron chi connectivity index (χ1n) is 3.55. The van der Waals surface area contributed by atoms with Crippen LogP contribution in [0.5, 0.6) is 0 Å². The first-order chi connectivity index (χ1) is 5.16. The second kappa shape index (κ2) is 5.65. The van der Waals surface area contributed by atoms with Crippen molar-refractivity contribution in [3.05, 3.63) is 12.2 Å². The second-order valence-corrected chi connectivity index (χ2v) is 2.58. The molecule has 3 nitrogen and oxygen atoms in total. The third-order valence-corrected chi connectivity index (χ3v) is 1.30. The summed E-state index contributed by atoms with van der Waals surface area (Å²) in [6, 6.07) is 0. The van der Waals surface area contributed by atoms with E-state index in [1.165, 1.54) is 6.08 Å². The highest BCUT2D eigenvalue weighted by Gasteiger charge is 2.02. The van der Waals surface area contributed by atoms with Gasteiger partial charge in [0, 0.05) is 6.42 Å². The van der Waals surface area contributed by atoms with Crippen LogP contribution in [0.2, 0.25) is 0 Å². The molecular formula is C8H13NO2. The molecule has 0 aliphatic heterocycles. The van der Waals surface area contributed by atoms with Crippen molar-refractivity contribution < 1.29 is 9.59 Å². The zero-order valence-corrected chi connectivity index (χ0v) is 6.62. The van der Waals surface area contributed by atoms with Crippen LogP contribution in [0.25, 0.3) is 0 Å². The van der Waals surface area contributed by atoms with Gasteiger partial charge in [0.15, 0.2) is 0 Å². The van der Waals surface area contributed by atoms with Crippen molar-refractivity contribution in [3.8, 4) is 0 Å². The minimum absolute atomic E-state index is 0.226. The van der Waals surface area contributed by atoms with Crippen LogP contribution in [0.3, 0.4) is 0 Å². The van der Waals surface area contributed by atoms with E-state index in [0.29, 0.717) is 6.42 Å². The fourth-order valence-corrected chi connectivity index (χ4v) is 0.793. The molecule has 1 amide bonds. The van der Waals surface area contributed by atoms with E-state index in [-0.39, 0.29) is 11.8 Å². The molecule has 1 atom stereocenters. The molecule has 0 saturated heterocycles. The van der Waals surface area contributed by atoms with E-state index in [0.717, 1.165) is 12.7 Å². The summed E-state index contributed by atoms with van der Waals surface area (Å²) in [4.78, 5) is 20.2. The molecule has 62 valence electrons. The zero-order chi connectivity index (χ0) is 8.69. The maximum absolute atomic E-state index is 10.4. The highest BCUT2D eigenvalue weighted by atomic mass is 16.1. The lowest BCUT2D eigenvalue weighted by Crippen LogP contribution is -2.14. The molecule has 11 heavy (non-hydrogen) atoms. The fraction of sp³-hybridized carbons (Fsp3) is 0.500. The molecule has 2 N–H and O–H groups in total. The van der Waals surface area contributed by atoms with Gasteiger partial charge < -0.3 is 5.73 Å². The Morgan fingerprint density at radius 1 is 1.64 bits per heavy atom. The van der Waals surface area contributed by atoms with Crippen molar-refractivity contribution in [3.63, 3.8) is 0 Å². The number of amides is 1. The first kappa shape index (κ1) is 9.88. The molecular weight excluding hydrogens is 142 g/mol. The number of primary amides is 1. The van der Waals surface area contributed by atoms with Crippen LogP contribution in [-0.2, 0) is 9.59 Å². The van der Waals surface area contributed by atoms with Crippen molar-refractivity contribution in [1.29, 1.82) is 0 Å². The van der Waals surface area contributed by atoms with Gasteiger partial charge >= 0.3 is 0 Å². The van der Waals surface area contributed by atoms with Crippen molar-refractivity contribution in [2.24, 2.45) is 11.7 Å². The Kier molecular flexibility index (Phi) is 5.07. The fourth-order valence-electron chi connectivity index (χ4n) is 0.793. The molecule has 0 bridgehead atoms. The molecule has 0 aromatic carbocycles. The van der Waals surface area contributed by atoms with Gasteiger partial charge in [-0.3, -0.25) is 9.59 Å². The minimum atomic E-state index is -0.294. The predicted octanol–water partition coefficient (Wildman–Crippen LogP) is 0.643. The van der Waals surface area contributed by atoms with Crippen LogP contribution in [-0.4, -0.2) is 12.2 Å². The van der Waals surface area contributed by atoms with Gasteiger partial charge in [-0.15, -0.1) is 0 Å². The molecule has 0 aliphatic rings. The smallest absolute Gasteiger partial charge is 0.217 e. The number of allylic oxidation sites excluding steroid dienone is 2. The van der Waals surface area contributed by atoms with Crippen molar-refractivity contribution in [2.45, 2.75) is 19.8 Å². The Balaban J connectivity index is 3.51. The van der Waals surface area contributed by atoms with Gasteiger partial charge in [-0.2, -0.15) is 0 Å². The molecule has 0 heterocycles. The summed E-state index contributed by atoms with van der Waals surface area (Å²) in [6.07, 6.45) is 4.99. The van der Waals surface area contributed by atoms with E-state index in [1.54, 1.807) is 6.08 Å². The Bertz CT molecular complexity index is 163. The standard InChI is InChI=1S/C8H13NO2/c1-7(6-8(9)11)4-2-3-5-10/h2-3,5,7H,4,6H2,1H3,(H2,9,11)/b3-2+/t7-/m0/s1. The molecule has 0 spiro atoms. The van der Waals surface area contributed by atoms with Gasteiger partial charge in [0.25, 0.3) is 0 Å². The Morgan fingerprint density at radius 2 is 2.27 bits per heavy atom. The van der Waals surface area contributed by atoms with Crippen LogP contribution in [0.15, 0.2) is 12.2 Å². The van der Waals surface area contributed by atoms with E-state index >= 15 is 0 Å². The Labute approximate surface area is 66.3 Å². The third kappa shape index (κ3) is 6.77. The lowest BCUT2D eigenvalue weighted by molar-refractivity contribution is -0.118. The van der Waals surface area contributed by atoms with Gasteiger partial charge in [0.1, 0.15) is 6.29 Å². The number of rotatable bonds is 5. The van der Waals surface area contributed by atoms with E-state index in [9.17, 15) is 9.59 Å². The van der Waals surface area contributed by atoms with Crippen LogP contribution in [0, 0.1) is 5.92 Å². The summed E-state index contributed by atoms with van der Waals surface area (Å²) in [5.74, 6) is -0.0688. The summed E-state index contributed by atoms with van der Waals surface area (Å²) in [5, 5.41) is 0. The number of aldehydes is 1. The van der Waals surface area contributed by atoms with Gasteiger partial charge in [-0.05, 0) is 18.4 Å². The van der Waals surface area contributed by atoms with Crippen molar-refractivity contribution >= 4 is 12.2 Å². The molecule has 0 aromatic rings. The molecule has 0 aliphatic carbocycles. The van der Waals surface area contributed by atoms with E-state index in [4.69, 9.17) is 5.73 Å². The summed E-state index contributed by atoms with van der Waals surface area (Å²) in [6.45, 7) is 1.92. The summed E-state index contributed by atoms with van der Waals surface area (Å²) >= 11 is 0. The van der Waals surface area contributed by atoms with E-state index in [2.05, 4.69) is 0 Å². The SMILES string of the molecule is C[C@@H](C/C=C/C=O)CC(N)=O. The van der Waals surface area contributed by atoms with Crippen LogP contribution in [0.1, 0.15) is 19.8 Å². The highest BCUT2D eigenvalue weighted by molar-refractivity contribution is 5.74. The molecule has 3 heteroatoms. The van der Waals surface area contributed by atoms with Gasteiger partial charge in [0.05, 0.1) is 0 Å². The highest BCUT2D eigenvalue weighted by Crippen LogP contribution is 2.06. The predicted molar refractivity (Wildman–Crippen MR) is 42.8 cm³/mol. The number of carbonyl (C=O) groups excluding carboxylic acids is 2. The zero-order valence-electron chi connectivity index (χ0n) is 6.62. The number of hydrogen-bond donors (Lipinski definition) is 1. The average Bonchev–Trinajstić information content (AvgIpc) is 1.86. The summed E-state index contributed by atoms with van der Waals surface area (Å²) < 4.78 is 0. The van der Waals surface area contributed by atoms with Crippen LogP contribution in [0.4, 0.5) is 0 Å². The summed E-state index contributed by atoms with van der Waals surface area (Å²) in [7, 11) is 0. The van der Waals surface area contributed by atoms with Crippen LogP contribution < -0.4 is 5.73 Å². The molecule has 0 fully saturated rings. The molecule has 0 rings (SSSR count). The molecule has 0 saturated carbocycles. The number of nitrogens with two attached hydrogens (primary N) is 1. The first-order valence-corrected chi connectivity index (χ1v) is 3.55. The maximum Gasteiger partial charge on any atom is 0.217 e. The lowest BCUT2D eigenvalue weighted by atomic mass is 10.0.